The van der Waals surface area contributed by atoms with Crippen molar-refractivity contribution >= 4 is 22.8 Å². The van der Waals surface area contributed by atoms with Crippen molar-refractivity contribution in [1.82, 2.24) is 5.32 Å². The fourth-order valence-electron chi connectivity index (χ4n) is 3.24. The number of benzene rings is 1. The van der Waals surface area contributed by atoms with Gasteiger partial charge in [0.05, 0.1) is 5.56 Å². The van der Waals surface area contributed by atoms with Gasteiger partial charge in [0.15, 0.2) is 17.7 Å². The fraction of sp³-hybridized carbons (Fsp3) is 0.250. The second kappa shape index (κ2) is 6.42. The fourth-order valence-corrected chi connectivity index (χ4v) is 3.24. The van der Waals surface area contributed by atoms with E-state index in [9.17, 15) is 14.4 Å². The molecule has 0 saturated carbocycles. The summed E-state index contributed by atoms with van der Waals surface area (Å²) in [6.07, 6.45) is 0.0168. The molecule has 7 heteroatoms. The van der Waals surface area contributed by atoms with Gasteiger partial charge in [-0.3, -0.25) is 4.79 Å². The third-order valence-electron chi connectivity index (χ3n) is 4.65. The van der Waals surface area contributed by atoms with Crippen molar-refractivity contribution < 1.29 is 23.2 Å². The van der Waals surface area contributed by atoms with Crippen LogP contribution < -0.4 is 10.9 Å². The summed E-state index contributed by atoms with van der Waals surface area (Å²) in [6.45, 7) is 3.17. The third-order valence-corrected chi connectivity index (χ3v) is 4.65. The minimum Gasteiger partial charge on any atom is -0.453 e. The lowest BCUT2D eigenvalue weighted by molar-refractivity contribution is -0.120. The molecule has 4 rings (SSSR count). The van der Waals surface area contributed by atoms with Gasteiger partial charge in [0.2, 0.25) is 5.91 Å². The molecule has 3 heterocycles. The standard InChI is InChI=1S/C20H17NO6/c1-10-17(20(24)26-16-8-7-15(22)21-16)11(2)19(23)27-18(10)14-9-12-5-3-4-6-13(12)25-14/h3-6,9,16H,7-8H2,1-2H3,(H,21,22). The van der Waals surface area contributed by atoms with E-state index in [1.54, 1.807) is 19.1 Å². The summed E-state index contributed by atoms with van der Waals surface area (Å²) < 4.78 is 16.5. The van der Waals surface area contributed by atoms with Gasteiger partial charge >= 0.3 is 11.6 Å². The van der Waals surface area contributed by atoms with Crippen molar-refractivity contribution in [2.75, 3.05) is 0 Å². The largest absolute Gasteiger partial charge is 0.453 e. The van der Waals surface area contributed by atoms with E-state index in [2.05, 4.69) is 5.32 Å². The summed E-state index contributed by atoms with van der Waals surface area (Å²) >= 11 is 0. The Bertz CT molecular complexity index is 1090. The summed E-state index contributed by atoms with van der Waals surface area (Å²) in [6, 6.07) is 9.15. The van der Waals surface area contributed by atoms with E-state index >= 15 is 0 Å². The number of furan rings is 1. The predicted octanol–water partition coefficient (Wildman–Crippen LogP) is 3.06. The molecular weight excluding hydrogens is 350 g/mol. The maximum Gasteiger partial charge on any atom is 0.340 e. The van der Waals surface area contributed by atoms with Crippen LogP contribution in [0, 0.1) is 13.8 Å². The van der Waals surface area contributed by atoms with Crippen LogP contribution in [0.5, 0.6) is 0 Å². The number of carbonyl (C=O) groups is 2. The molecule has 1 amide bonds. The molecule has 1 aliphatic rings. The molecule has 1 atom stereocenters. The number of ether oxygens (including phenoxy) is 1. The number of esters is 1. The van der Waals surface area contributed by atoms with Crippen molar-refractivity contribution in [3.8, 4) is 11.5 Å². The van der Waals surface area contributed by atoms with Crippen LogP contribution in [-0.4, -0.2) is 18.1 Å². The Morgan fingerprint density at radius 3 is 2.63 bits per heavy atom. The monoisotopic (exact) mass is 367 g/mol. The van der Waals surface area contributed by atoms with Crippen molar-refractivity contribution in [2.45, 2.75) is 32.9 Å². The van der Waals surface area contributed by atoms with Gasteiger partial charge in [0.1, 0.15) is 5.58 Å². The molecule has 0 bridgehead atoms. The first kappa shape index (κ1) is 17.1. The number of amides is 1. The average molecular weight is 367 g/mol. The molecule has 7 nitrogen and oxygen atoms in total. The van der Waals surface area contributed by atoms with Gasteiger partial charge in [0.25, 0.3) is 0 Å². The number of para-hydroxylation sites is 1. The topological polar surface area (TPSA) is 98.8 Å². The number of hydrogen-bond acceptors (Lipinski definition) is 6. The smallest absolute Gasteiger partial charge is 0.340 e. The van der Waals surface area contributed by atoms with Gasteiger partial charge in [-0.25, -0.2) is 9.59 Å². The highest BCUT2D eigenvalue weighted by Crippen LogP contribution is 2.31. The zero-order chi connectivity index (χ0) is 19.1. The Kier molecular flexibility index (Phi) is 4.07. The summed E-state index contributed by atoms with van der Waals surface area (Å²) in [5, 5.41) is 3.42. The summed E-state index contributed by atoms with van der Waals surface area (Å²) in [5.41, 5.74) is 0.733. The molecule has 138 valence electrons. The molecule has 27 heavy (non-hydrogen) atoms. The maximum atomic E-state index is 12.7. The highest BCUT2D eigenvalue weighted by molar-refractivity contribution is 5.94. The molecular formula is C20H17NO6. The van der Waals surface area contributed by atoms with Gasteiger partial charge in [0, 0.05) is 29.4 Å². The Balaban J connectivity index is 1.77. The molecule has 0 spiro atoms. The third kappa shape index (κ3) is 3.01. The first-order valence-electron chi connectivity index (χ1n) is 8.57. The molecule has 1 fully saturated rings. The van der Waals surface area contributed by atoms with Gasteiger partial charge in [-0.05, 0) is 26.0 Å². The number of fused-ring (bicyclic) bond motifs is 1. The van der Waals surface area contributed by atoms with Crippen LogP contribution in [0.3, 0.4) is 0 Å². The van der Waals surface area contributed by atoms with E-state index in [1.807, 2.05) is 18.2 Å². The molecule has 1 aromatic carbocycles. The summed E-state index contributed by atoms with van der Waals surface area (Å²) in [4.78, 5) is 36.3. The molecule has 1 saturated heterocycles. The van der Waals surface area contributed by atoms with Crippen LogP contribution >= 0.6 is 0 Å². The van der Waals surface area contributed by atoms with Crippen LogP contribution in [0.25, 0.3) is 22.5 Å². The maximum absolute atomic E-state index is 12.7. The molecule has 3 aromatic rings. The first-order chi connectivity index (χ1) is 12.9. The van der Waals surface area contributed by atoms with Crippen molar-refractivity contribution in [3.05, 3.63) is 57.4 Å². The minimum absolute atomic E-state index is 0.128. The van der Waals surface area contributed by atoms with Gasteiger partial charge < -0.3 is 18.9 Å². The van der Waals surface area contributed by atoms with E-state index in [0.717, 1.165) is 5.39 Å². The predicted molar refractivity (Wildman–Crippen MR) is 96.2 cm³/mol. The number of hydrogen-bond donors (Lipinski definition) is 1. The molecule has 1 aliphatic heterocycles. The van der Waals surface area contributed by atoms with E-state index in [4.69, 9.17) is 13.6 Å². The highest BCUT2D eigenvalue weighted by atomic mass is 16.6. The lowest BCUT2D eigenvalue weighted by Crippen LogP contribution is -2.31. The van der Waals surface area contributed by atoms with Crippen LogP contribution in [0.4, 0.5) is 0 Å². The van der Waals surface area contributed by atoms with Gasteiger partial charge in [-0.1, -0.05) is 18.2 Å². The van der Waals surface area contributed by atoms with Crippen LogP contribution in [0.15, 0.2) is 44.0 Å². The number of carbonyl (C=O) groups excluding carboxylic acids is 2. The van der Waals surface area contributed by atoms with E-state index in [1.165, 1.54) is 6.92 Å². The summed E-state index contributed by atoms with van der Waals surface area (Å²) in [5.74, 6) is -0.308. The average Bonchev–Trinajstić information content (AvgIpc) is 3.24. The lowest BCUT2D eigenvalue weighted by Gasteiger charge is -2.15. The van der Waals surface area contributed by atoms with E-state index in [0.29, 0.717) is 29.7 Å². The van der Waals surface area contributed by atoms with Crippen molar-refractivity contribution in [3.63, 3.8) is 0 Å². The lowest BCUT2D eigenvalue weighted by atomic mass is 10.0. The van der Waals surface area contributed by atoms with Gasteiger partial charge in [-0.15, -0.1) is 0 Å². The normalized spacial score (nSPS) is 16.5. The Morgan fingerprint density at radius 2 is 1.93 bits per heavy atom. The zero-order valence-electron chi connectivity index (χ0n) is 14.8. The second-order valence-electron chi connectivity index (χ2n) is 6.49. The highest BCUT2D eigenvalue weighted by Gasteiger charge is 2.28. The SMILES string of the molecule is Cc1c(-c2cc3ccccc3o2)oc(=O)c(C)c1C(=O)OC1CCC(=O)N1. The molecule has 1 N–H and O–H groups in total. The van der Waals surface area contributed by atoms with Crippen LogP contribution in [0.2, 0.25) is 0 Å². The number of nitrogens with one attached hydrogen (secondary N) is 1. The van der Waals surface area contributed by atoms with Crippen LogP contribution in [0.1, 0.15) is 34.3 Å². The number of rotatable bonds is 3. The molecule has 0 radical (unpaired) electrons. The second-order valence-corrected chi connectivity index (χ2v) is 6.49. The Morgan fingerprint density at radius 1 is 1.15 bits per heavy atom. The van der Waals surface area contributed by atoms with E-state index < -0.39 is 17.8 Å². The van der Waals surface area contributed by atoms with Crippen LogP contribution in [-0.2, 0) is 9.53 Å². The first-order valence-corrected chi connectivity index (χ1v) is 8.57. The quantitative estimate of drug-likeness (QED) is 0.715. The van der Waals surface area contributed by atoms with Gasteiger partial charge in [-0.2, -0.15) is 0 Å². The molecule has 1 unspecified atom stereocenters. The molecule has 0 aliphatic carbocycles. The Labute approximate surface area is 153 Å². The Hall–Kier alpha value is -3.35. The van der Waals surface area contributed by atoms with Crippen molar-refractivity contribution in [1.29, 1.82) is 0 Å². The van der Waals surface area contributed by atoms with E-state index in [-0.39, 0.29) is 22.8 Å². The zero-order valence-corrected chi connectivity index (χ0v) is 14.8. The minimum atomic E-state index is -0.689. The summed E-state index contributed by atoms with van der Waals surface area (Å²) in [7, 11) is 0. The van der Waals surface area contributed by atoms with Crippen molar-refractivity contribution in [2.24, 2.45) is 0 Å². The molecule has 2 aromatic heterocycles.